The zero-order valence-corrected chi connectivity index (χ0v) is 24.6. The van der Waals surface area contributed by atoms with Gasteiger partial charge in [0, 0.05) is 27.9 Å². The molecule has 3 N–H and O–H groups in total. The molecule has 0 heterocycles. The van der Waals surface area contributed by atoms with Crippen molar-refractivity contribution in [1.82, 2.24) is 5.32 Å². The molecule has 0 aliphatic heterocycles. The first-order valence-corrected chi connectivity index (χ1v) is 14.3. The third-order valence-electron chi connectivity index (χ3n) is 6.23. The fraction of sp³-hybridized carbons (Fsp3) is 0.121. The Hall–Kier alpha value is -5.22. The van der Waals surface area contributed by atoms with Gasteiger partial charge in [0.1, 0.15) is 5.70 Å². The fourth-order valence-corrected chi connectivity index (χ4v) is 5.19. The van der Waals surface area contributed by atoms with E-state index in [1.165, 1.54) is 36.0 Å². The van der Waals surface area contributed by atoms with Gasteiger partial charge >= 0.3 is 0 Å². The van der Waals surface area contributed by atoms with E-state index in [4.69, 9.17) is 0 Å². The van der Waals surface area contributed by atoms with Gasteiger partial charge in [0.05, 0.1) is 15.7 Å². The number of hydrogen-bond acceptors (Lipinski definition) is 6. The highest BCUT2D eigenvalue weighted by Crippen LogP contribution is 2.27. The standard InChI is InChI=1S/C33H30N4O5S/c1-21-16-22(2)18-27(17-21)35-31(38)23(3)43-28-14-9-13-26(20-28)34-33(40)29(36-32(39)24-10-5-4-6-11-24)19-25-12-7-8-15-30(25)37(41)42/h4-20,23H,1-3H3,(H,34,40)(H,35,38)(H,36,39)/b29-19+. The maximum absolute atomic E-state index is 13.4. The van der Waals surface area contributed by atoms with Gasteiger partial charge in [-0.25, -0.2) is 0 Å². The second-order valence-electron chi connectivity index (χ2n) is 9.80. The molecule has 9 nitrogen and oxygen atoms in total. The Kier molecular flexibility index (Phi) is 10.1. The Morgan fingerprint density at radius 2 is 1.49 bits per heavy atom. The topological polar surface area (TPSA) is 130 Å². The molecule has 0 saturated carbocycles. The van der Waals surface area contributed by atoms with E-state index < -0.39 is 22.0 Å². The van der Waals surface area contributed by atoms with E-state index in [9.17, 15) is 24.5 Å². The summed E-state index contributed by atoms with van der Waals surface area (Å²) in [4.78, 5) is 51.0. The van der Waals surface area contributed by atoms with Crippen LogP contribution in [0.4, 0.5) is 17.1 Å². The van der Waals surface area contributed by atoms with E-state index in [0.29, 0.717) is 11.3 Å². The smallest absolute Gasteiger partial charge is 0.276 e. The van der Waals surface area contributed by atoms with Crippen LogP contribution in [0.2, 0.25) is 0 Å². The first-order chi connectivity index (χ1) is 20.6. The minimum absolute atomic E-state index is 0.152. The summed E-state index contributed by atoms with van der Waals surface area (Å²) in [6, 6.07) is 27.0. The number of thioether (sulfide) groups is 1. The summed E-state index contributed by atoms with van der Waals surface area (Å²) in [6.07, 6.45) is 1.27. The van der Waals surface area contributed by atoms with E-state index in [1.807, 2.05) is 38.1 Å². The first-order valence-electron chi connectivity index (χ1n) is 13.4. The molecule has 0 saturated heterocycles. The summed E-state index contributed by atoms with van der Waals surface area (Å²) >= 11 is 1.32. The molecule has 0 bridgehead atoms. The number of benzene rings is 4. The van der Waals surface area contributed by atoms with Crippen molar-refractivity contribution in [2.75, 3.05) is 10.6 Å². The van der Waals surface area contributed by atoms with Crippen molar-refractivity contribution >= 4 is 52.6 Å². The van der Waals surface area contributed by atoms with Gasteiger partial charge < -0.3 is 16.0 Å². The molecule has 218 valence electrons. The van der Waals surface area contributed by atoms with Gasteiger partial charge in [0.25, 0.3) is 17.5 Å². The maximum atomic E-state index is 13.4. The number of para-hydroxylation sites is 1. The van der Waals surface area contributed by atoms with Crippen LogP contribution in [0.25, 0.3) is 6.08 Å². The largest absolute Gasteiger partial charge is 0.325 e. The summed E-state index contributed by atoms with van der Waals surface area (Å²) in [5.41, 5.74) is 3.32. The van der Waals surface area contributed by atoms with Crippen molar-refractivity contribution in [2.24, 2.45) is 0 Å². The normalized spacial score (nSPS) is 11.7. The summed E-state index contributed by atoms with van der Waals surface area (Å²) in [5, 5.41) is 19.4. The molecule has 0 spiro atoms. The molecule has 4 aromatic rings. The third-order valence-corrected chi connectivity index (χ3v) is 7.32. The number of hydrogen-bond donors (Lipinski definition) is 3. The molecule has 3 amide bonds. The summed E-state index contributed by atoms with van der Waals surface area (Å²) in [6.45, 7) is 5.73. The van der Waals surface area contributed by atoms with E-state index in [2.05, 4.69) is 16.0 Å². The molecule has 0 fully saturated rings. The van der Waals surface area contributed by atoms with Gasteiger partial charge in [-0.1, -0.05) is 42.5 Å². The van der Waals surface area contributed by atoms with Crippen molar-refractivity contribution in [3.63, 3.8) is 0 Å². The summed E-state index contributed by atoms with van der Waals surface area (Å²) in [7, 11) is 0. The average molecular weight is 595 g/mol. The predicted octanol–water partition coefficient (Wildman–Crippen LogP) is 6.74. The lowest BCUT2D eigenvalue weighted by Crippen LogP contribution is -2.30. The highest BCUT2D eigenvalue weighted by molar-refractivity contribution is 8.00. The van der Waals surface area contributed by atoms with Crippen molar-refractivity contribution in [1.29, 1.82) is 0 Å². The van der Waals surface area contributed by atoms with Gasteiger partial charge in [-0.05, 0) is 86.5 Å². The number of rotatable bonds is 10. The zero-order valence-electron chi connectivity index (χ0n) is 23.8. The lowest BCUT2D eigenvalue weighted by atomic mass is 10.1. The molecule has 1 unspecified atom stereocenters. The lowest BCUT2D eigenvalue weighted by molar-refractivity contribution is -0.385. The average Bonchev–Trinajstić information content (AvgIpc) is 2.97. The van der Waals surface area contributed by atoms with E-state index in [0.717, 1.165) is 21.7 Å². The van der Waals surface area contributed by atoms with Crippen LogP contribution >= 0.6 is 11.8 Å². The van der Waals surface area contributed by atoms with Gasteiger partial charge in [0.15, 0.2) is 0 Å². The molecule has 1 atom stereocenters. The van der Waals surface area contributed by atoms with Crippen LogP contribution in [-0.4, -0.2) is 27.9 Å². The van der Waals surface area contributed by atoms with Crippen molar-refractivity contribution < 1.29 is 19.3 Å². The first kappa shape index (κ1) is 30.7. The predicted molar refractivity (Wildman–Crippen MR) is 170 cm³/mol. The minimum atomic E-state index is -0.676. The van der Waals surface area contributed by atoms with Crippen LogP contribution < -0.4 is 16.0 Å². The molecular formula is C33H30N4O5S. The summed E-state index contributed by atoms with van der Waals surface area (Å²) in [5.74, 6) is -1.39. The molecule has 0 aliphatic rings. The number of carbonyl (C=O) groups is 3. The molecule has 0 radical (unpaired) electrons. The number of aryl methyl sites for hydroxylation is 2. The van der Waals surface area contributed by atoms with Crippen molar-refractivity contribution in [3.8, 4) is 0 Å². The molecule has 10 heteroatoms. The zero-order chi connectivity index (χ0) is 30.9. The fourth-order valence-electron chi connectivity index (χ4n) is 4.27. The number of nitrogens with one attached hydrogen (secondary N) is 3. The van der Waals surface area contributed by atoms with E-state index >= 15 is 0 Å². The number of nitro groups is 1. The van der Waals surface area contributed by atoms with Crippen molar-refractivity contribution in [2.45, 2.75) is 30.9 Å². The number of nitro benzene ring substituents is 1. The van der Waals surface area contributed by atoms with Crippen molar-refractivity contribution in [3.05, 3.63) is 135 Å². The molecule has 43 heavy (non-hydrogen) atoms. The van der Waals surface area contributed by atoms with Gasteiger partial charge in [-0.15, -0.1) is 11.8 Å². The van der Waals surface area contributed by atoms with E-state index in [-0.39, 0.29) is 22.9 Å². The van der Waals surface area contributed by atoms with E-state index in [1.54, 1.807) is 61.5 Å². The Morgan fingerprint density at radius 1 is 0.814 bits per heavy atom. The molecule has 0 aromatic heterocycles. The monoisotopic (exact) mass is 594 g/mol. The van der Waals surface area contributed by atoms with Crippen LogP contribution in [0.1, 0.15) is 34.0 Å². The molecule has 0 aliphatic carbocycles. The maximum Gasteiger partial charge on any atom is 0.276 e. The highest BCUT2D eigenvalue weighted by Gasteiger charge is 2.19. The second kappa shape index (κ2) is 14.1. The van der Waals surface area contributed by atoms with Crippen LogP contribution in [-0.2, 0) is 9.59 Å². The number of amides is 3. The van der Waals surface area contributed by atoms with Crippen LogP contribution in [0, 0.1) is 24.0 Å². The van der Waals surface area contributed by atoms with Gasteiger partial charge in [-0.3, -0.25) is 24.5 Å². The molecule has 4 rings (SSSR count). The van der Waals surface area contributed by atoms with Crippen LogP contribution in [0.5, 0.6) is 0 Å². The minimum Gasteiger partial charge on any atom is -0.325 e. The third kappa shape index (κ3) is 8.64. The van der Waals surface area contributed by atoms with Crippen LogP contribution in [0.15, 0.2) is 108 Å². The lowest BCUT2D eigenvalue weighted by Gasteiger charge is -2.14. The number of carbonyl (C=O) groups excluding carboxylic acids is 3. The van der Waals surface area contributed by atoms with Gasteiger partial charge in [-0.2, -0.15) is 0 Å². The number of nitrogens with zero attached hydrogens (tertiary/aromatic N) is 1. The van der Waals surface area contributed by atoms with Crippen LogP contribution in [0.3, 0.4) is 0 Å². The van der Waals surface area contributed by atoms with Gasteiger partial charge in [0.2, 0.25) is 5.91 Å². The SMILES string of the molecule is Cc1cc(C)cc(NC(=O)C(C)Sc2cccc(NC(=O)/C(=C\c3ccccc3[N+](=O)[O-])NC(=O)c3ccccc3)c2)c1. The Bertz CT molecular complexity index is 1680. The highest BCUT2D eigenvalue weighted by atomic mass is 32.2. The quantitative estimate of drug-likeness (QED) is 0.0807. The Balaban J connectivity index is 1.52. The second-order valence-corrected chi connectivity index (χ2v) is 11.2. The Morgan fingerprint density at radius 3 is 2.19 bits per heavy atom. The summed E-state index contributed by atoms with van der Waals surface area (Å²) < 4.78 is 0. The number of anilines is 2. The Labute approximate surface area is 253 Å². The molecular weight excluding hydrogens is 564 g/mol. The molecule has 4 aromatic carbocycles.